The quantitative estimate of drug-likeness (QED) is 0.665. The summed E-state index contributed by atoms with van der Waals surface area (Å²) in [6.45, 7) is 3.26. The van der Waals surface area contributed by atoms with Crippen LogP contribution in [0.3, 0.4) is 0 Å². The summed E-state index contributed by atoms with van der Waals surface area (Å²) in [7, 11) is 1.65. The van der Waals surface area contributed by atoms with E-state index in [9.17, 15) is 4.79 Å². The van der Waals surface area contributed by atoms with Gasteiger partial charge in [-0.05, 0) is 67.5 Å². The number of carbonyl (C=O) groups is 2. The highest BCUT2D eigenvalue weighted by atomic mass is 32.1. The van der Waals surface area contributed by atoms with Gasteiger partial charge in [0.2, 0.25) is 0 Å². The van der Waals surface area contributed by atoms with E-state index >= 15 is 0 Å². The first kappa shape index (κ1) is 17.8. The number of ketones is 1. The molecule has 134 valence electrons. The molecule has 3 aliphatic heterocycles. The average molecular weight is 362 g/mol. The van der Waals surface area contributed by atoms with Gasteiger partial charge >= 0.3 is 0 Å². The Bertz CT molecular complexity index is 753. The summed E-state index contributed by atoms with van der Waals surface area (Å²) in [5.74, 6) is 2.22. The largest absolute Gasteiger partial charge is 0.497 e. The molecule has 4 heterocycles. The van der Waals surface area contributed by atoms with Gasteiger partial charge in [0.15, 0.2) is 5.78 Å². The maximum absolute atomic E-state index is 12.7. The van der Waals surface area contributed by atoms with E-state index in [1.807, 2.05) is 18.2 Å². The normalized spacial score (nSPS) is 24.4. The van der Waals surface area contributed by atoms with Crippen molar-refractivity contribution in [2.75, 3.05) is 26.7 Å². The standard InChI is InChI=1S/C17H20N2O2S.CH2O2/c1-21-13-2-3-16-14(9-13)17(18-22-16)15(20)8-12-10-19-6-4-11(12)5-7-19;2-1-3/h2-3,9,11-12H,4-8,10H2,1H3;1H,(H,2,3)/t12-;/m1./s1. The second-order valence-electron chi connectivity index (χ2n) is 6.52. The minimum absolute atomic E-state index is 0.193. The number of ether oxygens (including phenoxy) is 1. The van der Waals surface area contributed by atoms with Gasteiger partial charge in [-0.25, -0.2) is 0 Å². The Hall–Kier alpha value is -1.99. The summed E-state index contributed by atoms with van der Waals surface area (Å²) in [6, 6.07) is 5.83. The number of methoxy groups -OCH3 is 1. The molecule has 6 nitrogen and oxygen atoms in total. The molecular formula is C18H22N2O4S. The van der Waals surface area contributed by atoms with Gasteiger partial charge in [0.1, 0.15) is 11.4 Å². The van der Waals surface area contributed by atoms with Crippen LogP contribution in [-0.4, -0.2) is 53.4 Å². The zero-order valence-electron chi connectivity index (χ0n) is 14.2. The van der Waals surface area contributed by atoms with E-state index in [1.165, 1.54) is 37.5 Å². The minimum Gasteiger partial charge on any atom is -0.497 e. The summed E-state index contributed by atoms with van der Waals surface area (Å²) in [4.78, 5) is 23.6. The van der Waals surface area contributed by atoms with Crippen LogP contribution in [0.1, 0.15) is 29.8 Å². The van der Waals surface area contributed by atoms with E-state index in [1.54, 1.807) is 7.11 Å². The van der Waals surface area contributed by atoms with Gasteiger partial charge in [0.25, 0.3) is 6.47 Å². The lowest BCUT2D eigenvalue weighted by molar-refractivity contribution is -0.122. The molecule has 1 aromatic carbocycles. The predicted molar refractivity (Wildman–Crippen MR) is 96.5 cm³/mol. The van der Waals surface area contributed by atoms with Crippen LogP contribution in [0.4, 0.5) is 0 Å². The molecule has 2 bridgehead atoms. The van der Waals surface area contributed by atoms with E-state index < -0.39 is 0 Å². The SMILES string of the molecule is COc1ccc2snc(C(=O)C[C@@H]3CN4CCC3CC4)c2c1.O=CO. The van der Waals surface area contributed by atoms with Gasteiger partial charge in [-0.1, -0.05) is 0 Å². The molecule has 2 aromatic rings. The predicted octanol–water partition coefficient (Wildman–Crippen LogP) is 2.92. The maximum atomic E-state index is 12.7. The first-order valence-corrected chi connectivity index (χ1v) is 9.20. The third kappa shape index (κ3) is 3.82. The molecule has 1 N–H and O–H groups in total. The third-order valence-corrected chi connectivity index (χ3v) is 6.01. The molecule has 0 aliphatic carbocycles. The fourth-order valence-corrected chi connectivity index (χ4v) is 4.67. The fraction of sp³-hybridized carbons (Fsp3) is 0.500. The van der Waals surface area contributed by atoms with E-state index in [0.29, 0.717) is 18.0 Å². The molecule has 25 heavy (non-hydrogen) atoms. The van der Waals surface area contributed by atoms with Crippen molar-refractivity contribution in [2.45, 2.75) is 19.3 Å². The van der Waals surface area contributed by atoms with E-state index in [4.69, 9.17) is 14.6 Å². The van der Waals surface area contributed by atoms with Crippen LogP contribution >= 0.6 is 11.5 Å². The fourth-order valence-electron chi connectivity index (χ4n) is 3.90. The highest BCUT2D eigenvalue weighted by Gasteiger charge is 2.35. The Morgan fingerprint density at radius 3 is 2.76 bits per heavy atom. The van der Waals surface area contributed by atoms with Gasteiger partial charge in [-0.15, -0.1) is 0 Å². The number of aromatic nitrogens is 1. The van der Waals surface area contributed by atoms with Crippen LogP contribution in [0.25, 0.3) is 10.1 Å². The van der Waals surface area contributed by atoms with Crippen LogP contribution in [-0.2, 0) is 4.79 Å². The highest BCUT2D eigenvalue weighted by Crippen LogP contribution is 2.36. The van der Waals surface area contributed by atoms with Crippen LogP contribution in [0.2, 0.25) is 0 Å². The van der Waals surface area contributed by atoms with Crippen molar-refractivity contribution in [3.63, 3.8) is 0 Å². The zero-order valence-corrected chi connectivity index (χ0v) is 15.0. The average Bonchev–Trinajstić information content (AvgIpc) is 3.06. The number of benzene rings is 1. The monoisotopic (exact) mass is 362 g/mol. The summed E-state index contributed by atoms with van der Waals surface area (Å²) in [5, 5.41) is 7.83. The number of hydrogen-bond acceptors (Lipinski definition) is 6. The van der Waals surface area contributed by atoms with E-state index in [-0.39, 0.29) is 12.3 Å². The lowest BCUT2D eigenvalue weighted by Crippen LogP contribution is -2.47. The molecule has 5 rings (SSSR count). The molecule has 3 saturated heterocycles. The lowest BCUT2D eigenvalue weighted by atomic mass is 9.76. The second kappa shape index (κ2) is 7.93. The van der Waals surface area contributed by atoms with E-state index in [2.05, 4.69) is 9.27 Å². The van der Waals surface area contributed by atoms with E-state index in [0.717, 1.165) is 28.3 Å². The molecule has 3 aliphatic rings. The number of carbonyl (C=O) groups excluding carboxylic acids is 1. The Morgan fingerprint density at radius 1 is 1.44 bits per heavy atom. The molecule has 7 heteroatoms. The van der Waals surface area contributed by atoms with Crippen molar-refractivity contribution < 1.29 is 19.4 Å². The van der Waals surface area contributed by atoms with Crippen molar-refractivity contribution in [3.8, 4) is 5.75 Å². The summed E-state index contributed by atoms with van der Waals surface area (Å²) >= 11 is 1.40. The topological polar surface area (TPSA) is 79.7 Å². The van der Waals surface area contributed by atoms with Crippen molar-refractivity contribution >= 4 is 33.9 Å². The summed E-state index contributed by atoms with van der Waals surface area (Å²) in [6.07, 6.45) is 3.14. The maximum Gasteiger partial charge on any atom is 0.290 e. The Balaban J connectivity index is 0.000000569. The van der Waals surface area contributed by atoms with Gasteiger partial charge in [-0.2, -0.15) is 4.37 Å². The Kier molecular flexibility index (Phi) is 5.65. The number of rotatable bonds is 4. The molecule has 1 atom stereocenters. The summed E-state index contributed by atoms with van der Waals surface area (Å²) in [5.41, 5.74) is 0.635. The zero-order chi connectivity index (χ0) is 17.8. The number of piperidine rings is 3. The Labute approximate surface area is 150 Å². The number of Topliss-reactive ketones (excluding diaryl/α,β-unsaturated/α-hetero) is 1. The smallest absolute Gasteiger partial charge is 0.290 e. The molecule has 1 aromatic heterocycles. The number of hydrogen-bond donors (Lipinski definition) is 1. The molecule has 0 saturated carbocycles. The van der Waals surface area contributed by atoms with Crippen molar-refractivity contribution in [3.05, 3.63) is 23.9 Å². The van der Waals surface area contributed by atoms with Gasteiger partial charge in [0, 0.05) is 18.4 Å². The van der Waals surface area contributed by atoms with Crippen molar-refractivity contribution in [1.82, 2.24) is 9.27 Å². The highest BCUT2D eigenvalue weighted by molar-refractivity contribution is 7.13. The van der Waals surface area contributed by atoms with Crippen LogP contribution in [0.5, 0.6) is 5.75 Å². The van der Waals surface area contributed by atoms with Crippen LogP contribution < -0.4 is 4.74 Å². The van der Waals surface area contributed by atoms with Crippen LogP contribution in [0, 0.1) is 11.8 Å². The number of nitrogens with zero attached hydrogens (tertiary/aromatic N) is 2. The van der Waals surface area contributed by atoms with Gasteiger partial charge in [0.05, 0.1) is 11.8 Å². The minimum atomic E-state index is -0.250. The number of fused-ring (bicyclic) bond motifs is 4. The van der Waals surface area contributed by atoms with Crippen LogP contribution in [0.15, 0.2) is 18.2 Å². The summed E-state index contributed by atoms with van der Waals surface area (Å²) < 4.78 is 10.8. The van der Waals surface area contributed by atoms with Gasteiger partial charge in [-0.3, -0.25) is 9.59 Å². The molecule has 0 unspecified atom stereocenters. The lowest BCUT2D eigenvalue weighted by Gasteiger charge is -2.44. The molecule has 0 amide bonds. The first-order valence-electron chi connectivity index (χ1n) is 8.43. The third-order valence-electron chi connectivity index (χ3n) is 5.18. The second-order valence-corrected chi connectivity index (χ2v) is 7.33. The molecule has 0 spiro atoms. The first-order chi connectivity index (χ1) is 12.2. The molecular weight excluding hydrogens is 340 g/mol. The Morgan fingerprint density at radius 2 is 2.16 bits per heavy atom. The molecule has 3 fully saturated rings. The van der Waals surface area contributed by atoms with Crippen molar-refractivity contribution in [1.29, 1.82) is 0 Å². The molecule has 0 radical (unpaired) electrons. The van der Waals surface area contributed by atoms with Crippen molar-refractivity contribution in [2.24, 2.45) is 11.8 Å². The number of carboxylic acid groups (broad SMARTS) is 1. The van der Waals surface area contributed by atoms with Gasteiger partial charge < -0.3 is 14.7 Å².